The third kappa shape index (κ3) is 4.84. The third-order valence-electron chi connectivity index (χ3n) is 6.56. The van der Waals surface area contributed by atoms with Crippen LogP contribution in [0.4, 0.5) is 10.8 Å². The Morgan fingerprint density at radius 1 is 1.11 bits per heavy atom. The first-order chi connectivity index (χ1) is 17.0. The number of aromatic nitrogens is 1. The summed E-state index contributed by atoms with van der Waals surface area (Å²) in [7, 11) is 0. The number of aliphatic hydroxyl groups excluding tert-OH is 1. The van der Waals surface area contributed by atoms with Crippen LogP contribution in [0.25, 0.3) is 10.2 Å². The third-order valence-corrected chi connectivity index (χ3v) is 8.63. The number of nitrogens with one attached hydrogen (secondary N) is 1. The quantitative estimate of drug-likeness (QED) is 0.275. The lowest BCUT2D eigenvalue weighted by molar-refractivity contribution is 0.0594. The maximum atomic E-state index is 13.1. The van der Waals surface area contributed by atoms with Crippen LogP contribution in [-0.4, -0.2) is 40.6 Å². The number of amides is 1. The Balaban J connectivity index is 1.22. The van der Waals surface area contributed by atoms with Crippen molar-refractivity contribution in [3.05, 3.63) is 82.9 Å². The van der Waals surface area contributed by atoms with Gasteiger partial charge in [0.1, 0.15) is 0 Å². The number of piperidine rings is 1. The molecule has 3 aromatic carbocycles. The van der Waals surface area contributed by atoms with Gasteiger partial charge in [-0.1, -0.05) is 47.2 Å². The first-order valence-corrected chi connectivity index (χ1v) is 13.3. The number of aliphatic hydroxyl groups is 1. The number of rotatable bonds is 6. The first-order valence-electron chi connectivity index (χ1n) is 11.3. The lowest BCUT2D eigenvalue weighted by atomic mass is 9.73. The number of nitrogens with two attached hydrogens (primary N) is 1. The van der Waals surface area contributed by atoms with Gasteiger partial charge >= 0.3 is 0 Å². The molecule has 0 radical (unpaired) electrons. The summed E-state index contributed by atoms with van der Waals surface area (Å²) in [6.45, 7) is 1.15. The number of benzene rings is 3. The Morgan fingerprint density at radius 2 is 1.86 bits per heavy atom. The number of para-hydroxylation sites is 1. The summed E-state index contributed by atoms with van der Waals surface area (Å²) >= 11 is 9.36. The number of carbonyl (C=O) groups is 1. The number of hydrogen-bond acceptors (Lipinski definition) is 7. The van der Waals surface area contributed by atoms with Gasteiger partial charge < -0.3 is 20.5 Å². The molecule has 0 spiro atoms. The van der Waals surface area contributed by atoms with Crippen LogP contribution in [0.2, 0.25) is 5.02 Å². The van der Waals surface area contributed by atoms with Crippen LogP contribution in [0.15, 0.2) is 71.6 Å². The predicted molar refractivity (Wildman–Crippen MR) is 145 cm³/mol. The molecule has 0 bridgehead atoms. The van der Waals surface area contributed by atoms with Gasteiger partial charge in [-0.3, -0.25) is 4.79 Å². The molecule has 35 heavy (non-hydrogen) atoms. The van der Waals surface area contributed by atoms with Crippen LogP contribution in [0.5, 0.6) is 0 Å². The van der Waals surface area contributed by atoms with E-state index in [4.69, 9.17) is 17.3 Å². The number of carbonyl (C=O) groups excluding carboxylic acids is 1. The Labute approximate surface area is 217 Å². The van der Waals surface area contributed by atoms with E-state index in [9.17, 15) is 9.90 Å². The lowest BCUT2D eigenvalue weighted by Gasteiger charge is -2.41. The SMILES string of the molecule is Nc1nc2c(SNc3ccc(C(=O)N4CCC(CO)(c5ccccc5Cl)CC4)cc3)cccc2s1. The molecular weight excluding hydrogens is 500 g/mol. The van der Waals surface area contributed by atoms with Crippen LogP contribution in [0.1, 0.15) is 28.8 Å². The van der Waals surface area contributed by atoms with E-state index in [2.05, 4.69) is 9.71 Å². The van der Waals surface area contributed by atoms with Gasteiger partial charge in [-0.05, 0) is 72.8 Å². The molecule has 6 nitrogen and oxygen atoms in total. The largest absolute Gasteiger partial charge is 0.395 e. The molecule has 5 rings (SSSR count). The van der Waals surface area contributed by atoms with E-state index in [1.807, 2.05) is 71.6 Å². The van der Waals surface area contributed by atoms with Crippen LogP contribution in [0, 0.1) is 0 Å². The van der Waals surface area contributed by atoms with Gasteiger partial charge in [-0.2, -0.15) is 0 Å². The van der Waals surface area contributed by atoms with E-state index in [-0.39, 0.29) is 12.5 Å². The highest BCUT2D eigenvalue weighted by molar-refractivity contribution is 8.00. The highest BCUT2D eigenvalue weighted by atomic mass is 35.5. The number of nitrogens with zero attached hydrogens (tertiary/aromatic N) is 2. The van der Waals surface area contributed by atoms with Gasteiger partial charge in [-0.15, -0.1) is 0 Å². The van der Waals surface area contributed by atoms with Crippen LogP contribution >= 0.6 is 34.9 Å². The topological polar surface area (TPSA) is 91.5 Å². The predicted octanol–water partition coefficient (Wildman–Crippen LogP) is 5.82. The molecular formula is C26H25ClN4O2S2. The van der Waals surface area contributed by atoms with Crippen molar-refractivity contribution in [2.45, 2.75) is 23.2 Å². The number of fused-ring (bicyclic) bond motifs is 1. The molecule has 0 aliphatic carbocycles. The van der Waals surface area contributed by atoms with Gasteiger partial charge in [0.2, 0.25) is 0 Å². The van der Waals surface area contributed by atoms with Crippen molar-refractivity contribution in [1.29, 1.82) is 0 Å². The highest BCUT2D eigenvalue weighted by Gasteiger charge is 2.38. The zero-order chi connectivity index (χ0) is 24.4. The Morgan fingerprint density at radius 3 is 2.57 bits per heavy atom. The molecule has 2 heterocycles. The summed E-state index contributed by atoms with van der Waals surface area (Å²) in [5.74, 6) is -0.00221. The van der Waals surface area contributed by atoms with Gasteiger partial charge in [0, 0.05) is 34.8 Å². The minimum absolute atomic E-state index is 0.00221. The fourth-order valence-corrected chi connectivity index (χ4v) is 6.47. The van der Waals surface area contributed by atoms with Crippen molar-refractivity contribution in [2.75, 3.05) is 30.2 Å². The second kappa shape index (κ2) is 10.1. The van der Waals surface area contributed by atoms with E-state index >= 15 is 0 Å². The number of halogens is 1. The Bertz CT molecular complexity index is 1350. The monoisotopic (exact) mass is 524 g/mol. The summed E-state index contributed by atoms with van der Waals surface area (Å²) in [6, 6.07) is 21.2. The van der Waals surface area contributed by atoms with E-state index in [1.54, 1.807) is 0 Å². The minimum Gasteiger partial charge on any atom is -0.395 e. The second-order valence-corrected chi connectivity index (χ2v) is 11.0. The molecule has 0 saturated carbocycles. The van der Waals surface area contributed by atoms with E-state index in [0.29, 0.717) is 41.6 Å². The Hall–Kier alpha value is -2.78. The van der Waals surface area contributed by atoms with E-state index < -0.39 is 5.41 Å². The fraction of sp³-hybridized carbons (Fsp3) is 0.231. The molecule has 4 N–H and O–H groups in total. The number of anilines is 2. The first kappa shape index (κ1) is 23.9. The molecule has 180 valence electrons. The van der Waals surface area contributed by atoms with E-state index in [1.165, 1.54) is 23.3 Å². The van der Waals surface area contributed by atoms with Crippen molar-refractivity contribution in [3.8, 4) is 0 Å². The highest BCUT2D eigenvalue weighted by Crippen LogP contribution is 2.39. The van der Waals surface area contributed by atoms with Crippen LogP contribution < -0.4 is 10.5 Å². The maximum Gasteiger partial charge on any atom is 0.253 e. The number of hydrogen-bond donors (Lipinski definition) is 3. The summed E-state index contributed by atoms with van der Waals surface area (Å²) in [4.78, 5) is 20.4. The molecule has 0 atom stereocenters. The van der Waals surface area contributed by atoms with Gasteiger partial charge in [-0.25, -0.2) is 4.98 Å². The zero-order valence-electron chi connectivity index (χ0n) is 18.9. The zero-order valence-corrected chi connectivity index (χ0v) is 21.3. The summed E-state index contributed by atoms with van der Waals surface area (Å²) in [5.41, 5.74) is 8.83. The van der Waals surface area contributed by atoms with Gasteiger partial charge in [0.05, 0.1) is 21.7 Å². The standard InChI is InChI=1S/C26H25ClN4O2S2/c27-20-5-2-1-4-19(20)26(16-32)12-14-31(15-13-26)24(33)17-8-10-18(11-9-17)30-35-22-7-3-6-21-23(22)29-25(28)34-21/h1-11,30,32H,12-16H2,(H2,28,29). The number of thiazole rings is 1. The average Bonchev–Trinajstić information content (AvgIpc) is 3.28. The Kier molecular flexibility index (Phi) is 6.88. The van der Waals surface area contributed by atoms with E-state index in [0.717, 1.165) is 26.4 Å². The van der Waals surface area contributed by atoms with Crippen molar-refractivity contribution >= 4 is 61.8 Å². The molecule has 4 aromatic rings. The molecule has 1 fully saturated rings. The molecule has 1 aliphatic heterocycles. The van der Waals surface area contributed by atoms with Crippen molar-refractivity contribution in [2.24, 2.45) is 0 Å². The molecule has 1 aromatic heterocycles. The molecule has 0 unspecified atom stereocenters. The molecule has 1 aliphatic rings. The summed E-state index contributed by atoms with van der Waals surface area (Å²) in [6.07, 6.45) is 1.34. The summed E-state index contributed by atoms with van der Waals surface area (Å²) < 4.78 is 4.38. The smallest absolute Gasteiger partial charge is 0.253 e. The van der Waals surface area contributed by atoms with Crippen molar-refractivity contribution in [3.63, 3.8) is 0 Å². The van der Waals surface area contributed by atoms with Crippen molar-refractivity contribution < 1.29 is 9.90 Å². The fourth-order valence-electron chi connectivity index (χ4n) is 4.54. The minimum atomic E-state index is -0.412. The average molecular weight is 525 g/mol. The molecule has 1 amide bonds. The maximum absolute atomic E-state index is 13.1. The summed E-state index contributed by atoms with van der Waals surface area (Å²) in [5, 5.41) is 11.4. The van der Waals surface area contributed by atoms with Crippen LogP contribution in [-0.2, 0) is 5.41 Å². The second-order valence-electron chi connectivity index (χ2n) is 8.65. The molecule has 1 saturated heterocycles. The van der Waals surface area contributed by atoms with Crippen molar-refractivity contribution in [1.82, 2.24) is 9.88 Å². The van der Waals surface area contributed by atoms with Gasteiger partial charge in [0.15, 0.2) is 5.13 Å². The number of nitrogen functional groups attached to an aromatic ring is 1. The molecule has 9 heteroatoms. The number of likely N-dealkylation sites (tertiary alicyclic amines) is 1. The normalized spacial score (nSPS) is 15.3. The van der Waals surface area contributed by atoms with Crippen LogP contribution in [0.3, 0.4) is 0 Å². The van der Waals surface area contributed by atoms with Gasteiger partial charge in [0.25, 0.3) is 5.91 Å². The lowest BCUT2D eigenvalue weighted by Crippen LogP contribution is -2.47.